The number of alkyl halides is 2. The predicted octanol–water partition coefficient (Wildman–Crippen LogP) is 4.69. The number of aldehydes is 1. The topological polar surface area (TPSA) is 140 Å². The van der Waals surface area contributed by atoms with Crippen molar-refractivity contribution in [2.45, 2.75) is 70.1 Å². The van der Waals surface area contributed by atoms with Gasteiger partial charge in [0.05, 0.1) is 30.1 Å². The third kappa shape index (κ3) is 12.7. The van der Waals surface area contributed by atoms with E-state index in [0.29, 0.717) is 34.1 Å². The first-order chi connectivity index (χ1) is 23.3. The van der Waals surface area contributed by atoms with Crippen LogP contribution < -0.4 is 5.32 Å². The van der Waals surface area contributed by atoms with Crippen molar-refractivity contribution in [2.75, 3.05) is 60.5 Å². The lowest BCUT2D eigenvalue weighted by molar-refractivity contribution is -0.148. The maximum absolute atomic E-state index is 13.5. The van der Waals surface area contributed by atoms with Crippen molar-refractivity contribution >= 4 is 54.7 Å². The molecule has 0 radical (unpaired) electrons. The van der Waals surface area contributed by atoms with Crippen LogP contribution in [-0.2, 0) is 24.8 Å². The van der Waals surface area contributed by atoms with Crippen molar-refractivity contribution in [3.63, 3.8) is 0 Å². The first-order valence-electron chi connectivity index (χ1n) is 16.6. The number of carbonyl (C=O) groups is 4. The SMILES string of the molecule is C=O.CC(CCCC=O)CC1CCCN1C.CC1COCCN1C(=O)C1CN(C)C1.CNC(=O)c1cc2cc(C(F)(F)P(O)O)ccc2s1. The highest BCUT2D eigenvalue weighted by molar-refractivity contribution is 7.46. The smallest absolute Gasteiger partial charge is 0.339 e. The molecule has 3 N–H and O–H groups in total. The Morgan fingerprint density at radius 1 is 1.20 bits per heavy atom. The number of nitrogens with one attached hydrogen (secondary N) is 1. The van der Waals surface area contributed by atoms with Gasteiger partial charge in [0.2, 0.25) is 14.3 Å². The van der Waals surface area contributed by atoms with E-state index in [2.05, 4.69) is 36.0 Å². The normalized spacial score (nSPS) is 20.6. The fraction of sp³-hybridized carbons (Fsp3) is 0.647. The first kappa shape index (κ1) is 42.7. The van der Waals surface area contributed by atoms with E-state index in [0.717, 1.165) is 56.8 Å². The lowest BCUT2D eigenvalue weighted by atomic mass is 9.95. The number of unbranched alkanes of at least 4 members (excludes halogenated alkanes) is 1. The third-order valence-corrected chi connectivity index (χ3v) is 10.9. The lowest BCUT2D eigenvalue weighted by Gasteiger charge is -2.41. The number of fused-ring (bicyclic) bond motifs is 1. The molecule has 3 atom stereocenters. The van der Waals surface area contributed by atoms with Gasteiger partial charge in [-0.2, -0.15) is 8.78 Å². The van der Waals surface area contributed by atoms with E-state index in [4.69, 9.17) is 19.3 Å². The van der Waals surface area contributed by atoms with Gasteiger partial charge in [0.15, 0.2) is 0 Å². The molecule has 2 amide bonds. The van der Waals surface area contributed by atoms with Gasteiger partial charge in [-0.15, -0.1) is 11.3 Å². The number of ether oxygens (including phenoxy) is 1. The summed E-state index contributed by atoms with van der Waals surface area (Å²) in [4.78, 5) is 66.1. The van der Waals surface area contributed by atoms with Gasteiger partial charge in [-0.3, -0.25) is 9.59 Å². The van der Waals surface area contributed by atoms with E-state index in [9.17, 15) is 23.2 Å². The predicted molar refractivity (Wildman–Crippen MR) is 190 cm³/mol. The molecule has 3 aliphatic rings. The molecule has 0 bridgehead atoms. The number of thiophene rings is 1. The molecule has 0 aliphatic carbocycles. The Morgan fingerprint density at radius 3 is 2.45 bits per heavy atom. The van der Waals surface area contributed by atoms with E-state index in [1.807, 2.05) is 18.7 Å². The number of hydrogen-bond acceptors (Lipinski definition) is 10. The molecule has 276 valence electrons. The number of nitrogens with zero attached hydrogens (tertiary/aromatic N) is 3. The highest BCUT2D eigenvalue weighted by Gasteiger charge is 2.41. The molecule has 3 unspecified atom stereocenters. The summed E-state index contributed by atoms with van der Waals surface area (Å²) in [6.45, 7) is 11.6. The Balaban J connectivity index is 0.000000253. The second kappa shape index (κ2) is 21.0. The molecule has 5 rings (SSSR count). The molecular weight excluding hydrogens is 677 g/mol. The molecule has 1 aromatic heterocycles. The molecular formula is C34H53F2N4O7PS. The van der Waals surface area contributed by atoms with Crippen molar-refractivity contribution in [1.82, 2.24) is 20.0 Å². The average Bonchev–Trinajstić information content (AvgIpc) is 3.69. The van der Waals surface area contributed by atoms with Crippen molar-refractivity contribution in [3.05, 3.63) is 34.7 Å². The number of benzene rings is 1. The van der Waals surface area contributed by atoms with Crippen LogP contribution in [0.25, 0.3) is 10.1 Å². The number of amides is 2. The minimum Gasteiger partial charge on any atom is -0.377 e. The van der Waals surface area contributed by atoms with Crippen LogP contribution in [0.2, 0.25) is 0 Å². The van der Waals surface area contributed by atoms with Crippen molar-refractivity contribution < 1.29 is 42.5 Å². The lowest BCUT2D eigenvalue weighted by Crippen LogP contribution is -2.57. The quantitative estimate of drug-likeness (QED) is 0.181. The van der Waals surface area contributed by atoms with Crippen LogP contribution in [0, 0.1) is 11.8 Å². The number of halogens is 2. The molecule has 3 fully saturated rings. The summed E-state index contributed by atoms with van der Waals surface area (Å²) < 4.78 is 33.0. The van der Waals surface area contributed by atoms with E-state index in [-0.39, 0.29) is 17.9 Å². The zero-order chi connectivity index (χ0) is 36.7. The van der Waals surface area contributed by atoms with Crippen molar-refractivity contribution in [1.29, 1.82) is 0 Å². The zero-order valence-corrected chi connectivity index (χ0v) is 31.0. The molecule has 0 saturated carbocycles. The van der Waals surface area contributed by atoms with Gasteiger partial charge in [0.25, 0.3) is 5.91 Å². The summed E-state index contributed by atoms with van der Waals surface area (Å²) in [7, 11) is 2.37. The molecule has 15 heteroatoms. The van der Waals surface area contributed by atoms with E-state index >= 15 is 0 Å². The number of likely N-dealkylation sites (tertiary alicyclic amines) is 2. The number of rotatable bonds is 10. The second-order valence-electron chi connectivity index (χ2n) is 12.9. The summed E-state index contributed by atoms with van der Waals surface area (Å²) in [5.74, 6) is 1.04. The van der Waals surface area contributed by atoms with Crippen molar-refractivity contribution in [3.8, 4) is 0 Å². The Morgan fingerprint density at radius 2 is 1.90 bits per heavy atom. The van der Waals surface area contributed by atoms with E-state index in [1.54, 1.807) is 0 Å². The fourth-order valence-electron chi connectivity index (χ4n) is 6.13. The summed E-state index contributed by atoms with van der Waals surface area (Å²) in [6, 6.07) is 6.29. The van der Waals surface area contributed by atoms with Gasteiger partial charge in [0, 0.05) is 49.4 Å². The maximum atomic E-state index is 13.5. The van der Waals surface area contributed by atoms with E-state index < -0.39 is 19.6 Å². The first-order valence-corrected chi connectivity index (χ1v) is 18.7. The van der Waals surface area contributed by atoms with Crippen LogP contribution in [0.15, 0.2) is 24.3 Å². The Hall–Kier alpha value is -2.45. The summed E-state index contributed by atoms with van der Waals surface area (Å²) in [6.07, 6.45) is 8.11. The third-order valence-electron chi connectivity index (χ3n) is 8.99. The van der Waals surface area contributed by atoms with Crippen LogP contribution in [0.5, 0.6) is 0 Å². The minimum atomic E-state index is -3.68. The highest BCUT2D eigenvalue weighted by Crippen LogP contribution is 2.53. The average molecular weight is 731 g/mol. The molecule has 4 heterocycles. The largest absolute Gasteiger partial charge is 0.377 e. The number of carbonyl (C=O) groups excluding carboxylic acids is 4. The van der Waals surface area contributed by atoms with Crippen LogP contribution in [-0.4, -0.2) is 122 Å². The molecule has 3 aliphatic heterocycles. The number of hydrogen-bond donors (Lipinski definition) is 3. The molecule has 49 heavy (non-hydrogen) atoms. The maximum Gasteiger partial charge on any atom is 0.339 e. The van der Waals surface area contributed by atoms with Gasteiger partial charge in [-0.25, -0.2) is 0 Å². The Kier molecular flexibility index (Phi) is 18.3. The van der Waals surface area contributed by atoms with Crippen LogP contribution in [0.1, 0.15) is 67.6 Å². The molecule has 0 spiro atoms. The standard InChI is InChI=1S/C12H23NO.C11H10F2NO3PS.C10H18N2O2.CH2O/c1-11(6-3-4-9-14)10-12-7-5-8-13(12)2;1-14-10(15)9-5-6-4-7(2-3-8(6)19-9)11(12,13)18(16)17;1-8-7-14-4-3-12(8)10(13)9-5-11(2)6-9;1-2/h9,11-12H,3-8,10H2,1-2H3;2-5,16-17H,1H3,(H,14,15);8-9H,3-7H2,1-2H3;1H2. The molecule has 3 saturated heterocycles. The Bertz CT molecular complexity index is 1330. The van der Waals surface area contributed by atoms with Crippen LogP contribution >= 0.6 is 19.7 Å². The molecule has 11 nitrogen and oxygen atoms in total. The summed E-state index contributed by atoms with van der Waals surface area (Å²) in [5, 5.41) is 2.92. The fourth-order valence-corrected chi connectivity index (χ4v) is 7.49. The number of morpholine rings is 1. The zero-order valence-electron chi connectivity index (χ0n) is 29.3. The van der Waals surface area contributed by atoms with Gasteiger partial charge in [-0.1, -0.05) is 19.4 Å². The van der Waals surface area contributed by atoms with Crippen LogP contribution in [0.4, 0.5) is 8.78 Å². The molecule has 1 aromatic carbocycles. The highest BCUT2D eigenvalue weighted by atomic mass is 32.1. The van der Waals surface area contributed by atoms with Crippen molar-refractivity contribution in [2.24, 2.45) is 11.8 Å². The second-order valence-corrected chi connectivity index (χ2v) is 15.1. The summed E-state index contributed by atoms with van der Waals surface area (Å²) in [5.41, 5.74) is -4.16. The monoisotopic (exact) mass is 730 g/mol. The molecule has 2 aromatic rings. The van der Waals surface area contributed by atoms with E-state index in [1.165, 1.54) is 68.8 Å². The van der Waals surface area contributed by atoms with Gasteiger partial charge < -0.3 is 44.1 Å². The van der Waals surface area contributed by atoms with Crippen LogP contribution in [0.3, 0.4) is 0 Å². The van der Waals surface area contributed by atoms with Gasteiger partial charge in [0.1, 0.15) is 13.1 Å². The Labute approximate surface area is 293 Å². The van der Waals surface area contributed by atoms with Gasteiger partial charge >= 0.3 is 5.66 Å². The van der Waals surface area contributed by atoms with Gasteiger partial charge in [-0.05, 0) is 82.8 Å². The summed E-state index contributed by atoms with van der Waals surface area (Å²) >= 11 is 1.18. The minimum absolute atomic E-state index is 0.237.